The number of rotatable bonds is 3. The number of aliphatic hydroxyl groups is 1. The fourth-order valence-corrected chi connectivity index (χ4v) is 4.12. The Labute approximate surface area is 192 Å². The molecule has 1 N–H and O–H groups in total. The van der Waals surface area contributed by atoms with Crippen molar-refractivity contribution >= 4 is 34.7 Å². The summed E-state index contributed by atoms with van der Waals surface area (Å²) < 4.78 is 24.8. The fraction of sp³-hybridized carbons (Fsp3) is 0.125. The monoisotopic (exact) mass is 466 g/mol. The first-order chi connectivity index (χ1) is 16.0. The van der Waals surface area contributed by atoms with Crippen molar-refractivity contribution in [2.45, 2.75) is 6.04 Å². The molecule has 2 aliphatic rings. The minimum absolute atomic E-state index is 0.122. The van der Waals surface area contributed by atoms with Crippen LogP contribution in [0.1, 0.15) is 17.2 Å². The van der Waals surface area contributed by atoms with Gasteiger partial charge in [0, 0.05) is 23.6 Å². The Hall–Kier alpha value is -3.91. The first-order valence-electron chi connectivity index (χ1n) is 10.0. The largest absolute Gasteiger partial charge is 0.507 e. The molecule has 7 nitrogen and oxygen atoms in total. The molecular weight excluding hydrogens is 451 g/mol. The average molecular weight is 467 g/mol. The van der Waals surface area contributed by atoms with E-state index in [2.05, 4.69) is 4.98 Å². The summed E-state index contributed by atoms with van der Waals surface area (Å²) in [5.41, 5.74) is 0.909. The predicted octanol–water partition coefficient (Wildman–Crippen LogP) is 4.27. The second kappa shape index (κ2) is 8.22. The van der Waals surface area contributed by atoms with Crippen LogP contribution in [-0.4, -0.2) is 35.0 Å². The minimum atomic E-state index is -0.984. The van der Waals surface area contributed by atoms with Crippen molar-refractivity contribution in [2.24, 2.45) is 0 Å². The molecule has 0 bridgehead atoms. The molecule has 0 radical (unpaired) electrons. The first-order valence-corrected chi connectivity index (χ1v) is 10.4. The van der Waals surface area contributed by atoms with Gasteiger partial charge < -0.3 is 14.6 Å². The summed E-state index contributed by atoms with van der Waals surface area (Å²) in [5, 5.41) is 11.0. The van der Waals surface area contributed by atoms with E-state index in [1.54, 1.807) is 30.3 Å². The van der Waals surface area contributed by atoms with Crippen molar-refractivity contribution in [3.05, 3.63) is 88.5 Å². The van der Waals surface area contributed by atoms with Crippen LogP contribution in [0.2, 0.25) is 5.02 Å². The second-order valence-corrected chi connectivity index (χ2v) is 7.81. The summed E-state index contributed by atoms with van der Waals surface area (Å²) >= 11 is 5.94. The number of amides is 1. The lowest BCUT2D eigenvalue weighted by Gasteiger charge is -2.25. The lowest BCUT2D eigenvalue weighted by atomic mass is 9.95. The molecule has 0 saturated carbocycles. The number of pyridine rings is 1. The van der Waals surface area contributed by atoms with Gasteiger partial charge in [0.1, 0.15) is 24.8 Å². The normalized spacial score (nSPS) is 19.1. The molecule has 0 spiro atoms. The van der Waals surface area contributed by atoms with Crippen LogP contribution in [0, 0.1) is 5.82 Å². The number of benzene rings is 2. The highest BCUT2D eigenvalue weighted by atomic mass is 35.5. The van der Waals surface area contributed by atoms with Gasteiger partial charge in [0.2, 0.25) is 0 Å². The van der Waals surface area contributed by atoms with Crippen LogP contribution in [-0.2, 0) is 9.59 Å². The molecule has 2 aromatic carbocycles. The summed E-state index contributed by atoms with van der Waals surface area (Å²) in [6.45, 7) is 0.760. The zero-order chi connectivity index (χ0) is 23.1. The van der Waals surface area contributed by atoms with E-state index in [-0.39, 0.29) is 27.6 Å². The molecule has 1 saturated heterocycles. The number of hydrogen-bond acceptors (Lipinski definition) is 6. The van der Waals surface area contributed by atoms with Crippen LogP contribution >= 0.6 is 11.6 Å². The van der Waals surface area contributed by atoms with Crippen molar-refractivity contribution in [1.82, 2.24) is 4.98 Å². The van der Waals surface area contributed by atoms with Gasteiger partial charge in [0.25, 0.3) is 11.7 Å². The van der Waals surface area contributed by atoms with Crippen LogP contribution in [0.5, 0.6) is 11.5 Å². The Morgan fingerprint density at radius 1 is 1.03 bits per heavy atom. The topological polar surface area (TPSA) is 89.0 Å². The maximum atomic E-state index is 13.8. The van der Waals surface area contributed by atoms with Crippen LogP contribution in [0.4, 0.5) is 10.1 Å². The number of carbonyl (C=O) groups excluding carboxylic acids is 2. The number of aromatic nitrogens is 1. The smallest absolute Gasteiger partial charge is 0.300 e. The molecule has 9 heteroatoms. The highest BCUT2D eigenvalue weighted by Gasteiger charge is 2.47. The zero-order valence-electron chi connectivity index (χ0n) is 17.0. The number of hydrogen-bond donors (Lipinski definition) is 1. The number of ketones is 1. The number of nitrogens with zero attached hydrogens (tertiary/aromatic N) is 2. The predicted molar refractivity (Wildman–Crippen MR) is 118 cm³/mol. The number of ether oxygens (including phenoxy) is 2. The molecule has 33 heavy (non-hydrogen) atoms. The Balaban J connectivity index is 1.69. The molecule has 5 rings (SSSR count). The molecule has 1 amide bonds. The van der Waals surface area contributed by atoms with E-state index in [0.29, 0.717) is 30.3 Å². The Morgan fingerprint density at radius 2 is 1.76 bits per heavy atom. The third-order valence-corrected chi connectivity index (χ3v) is 5.75. The highest BCUT2D eigenvalue weighted by Crippen LogP contribution is 2.43. The van der Waals surface area contributed by atoms with E-state index in [1.165, 1.54) is 29.4 Å². The Morgan fingerprint density at radius 3 is 2.48 bits per heavy atom. The number of anilines is 1. The molecule has 1 atom stereocenters. The summed E-state index contributed by atoms with van der Waals surface area (Å²) in [7, 11) is 0. The lowest BCUT2D eigenvalue weighted by Crippen LogP contribution is -2.29. The van der Waals surface area contributed by atoms with Crippen LogP contribution in [0.3, 0.4) is 0 Å². The van der Waals surface area contributed by atoms with Gasteiger partial charge in [0.15, 0.2) is 11.5 Å². The highest BCUT2D eigenvalue weighted by molar-refractivity contribution is 6.51. The van der Waals surface area contributed by atoms with Gasteiger partial charge in [-0.05, 0) is 54.1 Å². The Bertz CT molecular complexity index is 1310. The SMILES string of the molecule is O=C1C(=O)N(c2ccc(F)c(Cl)c2)C(c2ccncc2)/C1=C(/O)c1ccc2c(c1)OCCO2. The number of aliphatic hydroxyl groups excluding tert-OH is 1. The van der Waals surface area contributed by atoms with E-state index in [1.807, 2.05) is 0 Å². The van der Waals surface area contributed by atoms with Gasteiger partial charge in [-0.1, -0.05) is 11.6 Å². The quantitative estimate of drug-likeness (QED) is 0.352. The molecule has 0 aliphatic carbocycles. The van der Waals surface area contributed by atoms with Gasteiger partial charge in [-0.2, -0.15) is 0 Å². The molecule has 2 aliphatic heterocycles. The van der Waals surface area contributed by atoms with E-state index in [0.717, 1.165) is 6.07 Å². The summed E-state index contributed by atoms with van der Waals surface area (Å²) in [6.07, 6.45) is 3.02. The van der Waals surface area contributed by atoms with Gasteiger partial charge in [-0.15, -0.1) is 0 Å². The van der Waals surface area contributed by atoms with E-state index < -0.39 is 23.5 Å². The van der Waals surface area contributed by atoms with Gasteiger partial charge in [-0.25, -0.2) is 4.39 Å². The van der Waals surface area contributed by atoms with Crippen molar-refractivity contribution in [3.63, 3.8) is 0 Å². The van der Waals surface area contributed by atoms with Crippen LogP contribution in [0.25, 0.3) is 5.76 Å². The molecule has 1 aromatic heterocycles. The van der Waals surface area contributed by atoms with Crippen LogP contribution in [0.15, 0.2) is 66.5 Å². The van der Waals surface area contributed by atoms with E-state index in [4.69, 9.17) is 21.1 Å². The second-order valence-electron chi connectivity index (χ2n) is 7.41. The number of fused-ring (bicyclic) bond motifs is 1. The summed E-state index contributed by atoms with van der Waals surface area (Å²) in [6, 6.07) is 10.8. The Kier molecular flexibility index (Phi) is 5.22. The first kappa shape index (κ1) is 21.0. The third kappa shape index (κ3) is 3.58. The summed E-state index contributed by atoms with van der Waals surface area (Å²) in [5.74, 6) is -1.85. The molecule has 1 unspecified atom stereocenters. The molecule has 1 fully saturated rings. The van der Waals surface area contributed by atoms with Gasteiger partial charge in [-0.3, -0.25) is 19.5 Å². The van der Waals surface area contributed by atoms with Crippen molar-refractivity contribution in [3.8, 4) is 11.5 Å². The van der Waals surface area contributed by atoms with Gasteiger partial charge >= 0.3 is 0 Å². The number of halogens is 2. The molecule has 3 heterocycles. The number of carbonyl (C=O) groups is 2. The van der Waals surface area contributed by atoms with E-state index in [9.17, 15) is 19.1 Å². The van der Waals surface area contributed by atoms with Crippen LogP contribution < -0.4 is 14.4 Å². The maximum Gasteiger partial charge on any atom is 0.300 e. The summed E-state index contributed by atoms with van der Waals surface area (Å²) in [4.78, 5) is 31.4. The van der Waals surface area contributed by atoms with Crippen molar-refractivity contribution in [1.29, 1.82) is 0 Å². The van der Waals surface area contributed by atoms with Crippen molar-refractivity contribution < 1.29 is 28.6 Å². The fourth-order valence-electron chi connectivity index (χ4n) is 3.94. The maximum absolute atomic E-state index is 13.8. The standard InChI is InChI=1S/C24H16ClFN2O5/c25-16-12-15(2-3-17(16)26)28-21(13-5-7-27-8-6-13)20(23(30)24(28)31)22(29)14-1-4-18-19(11-14)33-10-9-32-18/h1-8,11-12,21,29H,9-10H2/b22-20-. The lowest BCUT2D eigenvalue weighted by molar-refractivity contribution is -0.132. The number of Topliss-reactive ketones (excluding diaryl/α,β-unsaturated/α-hetero) is 1. The minimum Gasteiger partial charge on any atom is -0.507 e. The van der Waals surface area contributed by atoms with Gasteiger partial charge in [0.05, 0.1) is 16.6 Å². The molecule has 3 aromatic rings. The average Bonchev–Trinajstić information content (AvgIpc) is 3.11. The molecular formula is C24H16ClFN2O5. The third-order valence-electron chi connectivity index (χ3n) is 5.46. The zero-order valence-corrected chi connectivity index (χ0v) is 17.8. The van der Waals surface area contributed by atoms with E-state index >= 15 is 0 Å². The van der Waals surface area contributed by atoms with Crippen molar-refractivity contribution in [2.75, 3.05) is 18.1 Å². The molecule has 166 valence electrons.